The first-order chi connectivity index (χ1) is 9.22. The van der Waals surface area contributed by atoms with Crippen molar-refractivity contribution in [3.63, 3.8) is 0 Å². The number of carbonyl (C=O) groups excluding carboxylic acids is 1. The van der Waals surface area contributed by atoms with Crippen molar-refractivity contribution >= 4 is 45.2 Å². The van der Waals surface area contributed by atoms with E-state index in [0.29, 0.717) is 5.69 Å². The van der Waals surface area contributed by atoms with E-state index in [-0.39, 0.29) is 5.91 Å². The summed E-state index contributed by atoms with van der Waals surface area (Å²) in [7, 11) is 0. The third-order valence-electron chi connectivity index (χ3n) is 2.74. The number of rotatable bonds is 2. The van der Waals surface area contributed by atoms with Gasteiger partial charge in [0.05, 0.1) is 11.0 Å². The number of halogens is 1. The molecule has 1 amide bonds. The molecule has 0 radical (unpaired) electrons. The van der Waals surface area contributed by atoms with E-state index in [1.54, 1.807) is 12.3 Å². The molecule has 0 bridgehead atoms. The number of carbonyl (C=O) groups is 1. The summed E-state index contributed by atoms with van der Waals surface area (Å²) in [6.07, 6.45) is 1.71. The monoisotopic (exact) mass is 363 g/mol. The molecule has 2 heterocycles. The van der Waals surface area contributed by atoms with Crippen LogP contribution in [0.15, 0.2) is 48.7 Å². The Morgan fingerprint density at radius 3 is 2.74 bits per heavy atom. The maximum Gasteiger partial charge on any atom is 0.272 e. The molecule has 1 aromatic carbocycles. The summed E-state index contributed by atoms with van der Waals surface area (Å²) in [6, 6.07) is 13.1. The number of aromatic nitrogens is 2. The van der Waals surface area contributed by atoms with Crippen molar-refractivity contribution in [1.82, 2.24) is 9.97 Å². The van der Waals surface area contributed by atoms with Crippen molar-refractivity contribution in [2.24, 2.45) is 0 Å². The maximum absolute atomic E-state index is 12.1. The van der Waals surface area contributed by atoms with Gasteiger partial charge in [-0.1, -0.05) is 0 Å². The smallest absolute Gasteiger partial charge is 0.272 e. The number of aromatic amines is 1. The average Bonchev–Trinajstić information content (AvgIpc) is 2.85. The van der Waals surface area contributed by atoms with Gasteiger partial charge in [0.1, 0.15) is 5.69 Å². The second-order valence-electron chi connectivity index (χ2n) is 4.08. The highest BCUT2D eigenvalue weighted by molar-refractivity contribution is 14.1. The number of hydrogen-bond donors (Lipinski definition) is 2. The zero-order valence-corrected chi connectivity index (χ0v) is 12.0. The number of H-pyrrole nitrogens is 1. The van der Waals surface area contributed by atoms with Crippen LogP contribution in [0.4, 0.5) is 5.69 Å². The molecule has 4 nitrogen and oxygen atoms in total. The molecular weight excluding hydrogens is 353 g/mol. The van der Waals surface area contributed by atoms with Crippen LogP contribution in [0.1, 0.15) is 10.5 Å². The van der Waals surface area contributed by atoms with Gasteiger partial charge in [0, 0.05) is 15.5 Å². The number of pyridine rings is 1. The summed E-state index contributed by atoms with van der Waals surface area (Å²) in [5.41, 5.74) is 2.93. The van der Waals surface area contributed by atoms with Gasteiger partial charge in [-0.25, -0.2) is 0 Å². The van der Waals surface area contributed by atoms with Crippen LogP contribution in [0.5, 0.6) is 0 Å². The minimum absolute atomic E-state index is 0.167. The lowest BCUT2D eigenvalue weighted by Gasteiger charge is -2.03. The summed E-state index contributed by atoms with van der Waals surface area (Å²) >= 11 is 2.22. The highest BCUT2D eigenvalue weighted by Gasteiger charge is 2.09. The highest BCUT2D eigenvalue weighted by atomic mass is 127. The number of amides is 1. The molecule has 0 unspecified atom stereocenters. The Morgan fingerprint density at radius 1 is 1.21 bits per heavy atom. The number of nitrogens with one attached hydrogen (secondary N) is 2. The number of nitrogens with zero attached hydrogens (tertiary/aromatic N) is 1. The summed E-state index contributed by atoms with van der Waals surface area (Å²) in [4.78, 5) is 19.3. The first kappa shape index (κ1) is 12.2. The van der Waals surface area contributed by atoms with E-state index in [9.17, 15) is 4.79 Å². The predicted molar refractivity (Wildman–Crippen MR) is 83.2 cm³/mol. The second-order valence-corrected chi connectivity index (χ2v) is 5.33. The minimum atomic E-state index is -0.167. The van der Waals surface area contributed by atoms with Crippen molar-refractivity contribution in [1.29, 1.82) is 0 Å². The van der Waals surface area contributed by atoms with Crippen LogP contribution < -0.4 is 5.32 Å². The quantitative estimate of drug-likeness (QED) is 0.686. The third-order valence-corrected chi connectivity index (χ3v) is 3.45. The van der Waals surface area contributed by atoms with Crippen molar-refractivity contribution in [3.05, 3.63) is 57.9 Å². The Labute approximate surface area is 123 Å². The van der Waals surface area contributed by atoms with Gasteiger partial charge in [-0.05, 0) is 65.1 Å². The molecule has 94 valence electrons. The molecule has 5 heteroatoms. The van der Waals surface area contributed by atoms with Gasteiger partial charge in [-0.15, -0.1) is 0 Å². The van der Waals surface area contributed by atoms with Gasteiger partial charge in [-0.3, -0.25) is 9.78 Å². The molecule has 2 N–H and O–H groups in total. The molecular formula is C14H10IN3O. The first-order valence-corrected chi connectivity index (χ1v) is 6.81. The third kappa shape index (κ3) is 2.60. The molecule has 0 spiro atoms. The standard InChI is InChI=1S/C14H10IN3O/c15-9-3-5-10(6-4-9)17-14(19)13-8-12-11(18-13)2-1-7-16-12/h1-8,18H,(H,17,19). The lowest BCUT2D eigenvalue weighted by atomic mass is 10.3. The molecule has 2 aromatic heterocycles. The zero-order valence-electron chi connectivity index (χ0n) is 9.85. The van der Waals surface area contributed by atoms with Crippen LogP contribution in [0.2, 0.25) is 0 Å². The van der Waals surface area contributed by atoms with Crippen LogP contribution in [-0.4, -0.2) is 15.9 Å². The molecule has 0 saturated heterocycles. The van der Waals surface area contributed by atoms with Crippen molar-refractivity contribution < 1.29 is 4.79 Å². The molecule has 19 heavy (non-hydrogen) atoms. The molecule has 0 aliphatic carbocycles. The van der Waals surface area contributed by atoms with E-state index in [0.717, 1.165) is 20.3 Å². The Kier molecular flexibility index (Phi) is 3.20. The van der Waals surface area contributed by atoms with Crippen LogP contribution in [0, 0.1) is 3.57 Å². The van der Waals surface area contributed by atoms with Gasteiger partial charge >= 0.3 is 0 Å². The fourth-order valence-electron chi connectivity index (χ4n) is 1.81. The summed E-state index contributed by atoms with van der Waals surface area (Å²) in [5, 5.41) is 2.85. The van der Waals surface area contributed by atoms with Crippen LogP contribution in [-0.2, 0) is 0 Å². The van der Waals surface area contributed by atoms with Gasteiger partial charge in [-0.2, -0.15) is 0 Å². The van der Waals surface area contributed by atoms with Crippen LogP contribution in [0.3, 0.4) is 0 Å². The topological polar surface area (TPSA) is 57.8 Å². The molecule has 0 aliphatic heterocycles. The number of fused-ring (bicyclic) bond motifs is 1. The molecule has 0 fully saturated rings. The minimum Gasteiger partial charge on any atom is -0.349 e. The molecule has 0 aliphatic rings. The van der Waals surface area contributed by atoms with Gasteiger partial charge in [0.15, 0.2) is 0 Å². The Balaban J connectivity index is 1.85. The largest absolute Gasteiger partial charge is 0.349 e. The zero-order chi connectivity index (χ0) is 13.2. The highest BCUT2D eigenvalue weighted by Crippen LogP contribution is 2.15. The first-order valence-electron chi connectivity index (χ1n) is 5.73. The van der Waals surface area contributed by atoms with Crippen LogP contribution in [0.25, 0.3) is 11.0 Å². The van der Waals surface area contributed by atoms with Gasteiger partial charge < -0.3 is 10.3 Å². The van der Waals surface area contributed by atoms with E-state index >= 15 is 0 Å². The summed E-state index contributed by atoms with van der Waals surface area (Å²) < 4.78 is 1.13. The SMILES string of the molecule is O=C(Nc1ccc(I)cc1)c1cc2ncccc2[nH]1. The predicted octanol–water partition coefficient (Wildman–Crippen LogP) is 3.42. The molecule has 3 aromatic rings. The van der Waals surface area contributed by atoms with Crippen molar-refractivity contribution in [2.45, 2.75) is 0 Å². The van der Waals surface area contributed by atoms with Crippen LogP contribution >= 0.6 is 22.6 Å². The van der Waals surface area contributed by atoms with E-state index in [1.807, 2.05) is 36.4 Å². The van der Waals surface area contributed by atoms with Crippen molar-refractivity contribution in [2.75, 3.05) is 5.32 Å². The van der Waals surface area contributed by atoms with E-state index in [1.165, 1.54) is 0 Å². The Morgan fingerprint density at radius 2 is 2.00 bits per heavy atom. The lowest BCUT2D eigenvalue weighted by Crippen LogP contribution is -2.12. The maximum atomic E-state index is 12.1. The van der Waals surface area contributed by atoms with Crippen molar-refractivity contribution in [3.8, 4) is 0 Å². The fraction of sp³-hybridized carbons (Fsp3) is 0. The molecule has 0 saturated carbocycles. The number of anilines is 1. The normalized spacial score (nSPS) is 10.6. The van der Waals surface area contributed by atoms with E-state index < -0.39 is 0 Å². The second kappa shape index (κ2) is 5.00. The van der Waals surface area contributed by atoms with E-state index in [2.05, 4.69) is 37.9 Å². The molecule has 0 atom stereocenters. The van der Waals surface area contributed by atoms with Gasteiger partial charge in [0.2, 0.25) is 0 Å². The lowest BCUT2D eigenvalue weighted by molar-refractivity contribution is 0.102. The van der Waals surface area contributed by atoms with Gasteiger partial charge in [0.25, 0.3) is 5.91 Å². The Hall–Kier alpha value is -1.89. The fourth-order valence-corrected chi connectivity index (χ4v) is 2.17. The summed E-state index contributed by atoms with van der Waals surface area (Å²) in [5.74, 6) is -0.167. The number of benzene rings is 1. The Bertz CT molecular complexity index is 701. The average molecular weight is 363 g/mol. The summed E-state index contributed by atoms with van der Waals surface area (Å²) in [6.45, 7) is 0. The molecule has 3 rings (SSSR count). The number of hydrogen-bond acceptors (Lipinski definition) is 2. The van der Waals surface area contributed by atoms with E-state index in [4.69, 9.17) is 0 Å².